The highest BCUT2D eigenvalue weighted by Gasteiger charge is 2.14. The van der Waals surface area contributed by atoms with Crippen LogP contribution in [-0.2, 0) is 11.3 Å². The van der Waals surface area contributed by atoms with Crippen molar-refractivity contribution < 1.29 is 4.79 Å². The summed E-state index contributed by atoms with van der Waals surface area (Å²) in [5.41, 5.74) is 2.00. The van der Waals surface area contributed by atoms with E-state index >= 15 is 0 Å². The van der Waals surface area contributed by atoms with Gasteiger partial charge in [-0.2, -0.15) is 9.78 Å². The quantitative estimate of drug-likeness (QED) is 0.435. The van der Waals surface area contributed by atoms with Gasteiger partial charge in [-0.25, -0.2) is 0 Å². The summed E-state index contributed by atoms with van der Waals surface area (Å²) in [5, 5.41) is 13.9. The Bertz CT molecular complexity index is 956. The molecule has 3 rings (SSSR count). The number of thioether (sulfide) groups is 1. The smallest absolute Gasteiger partial charge is 0.233 e. The van der Waals surface area contributed by atoms with E-state index in [-0.39, 0.29) is 11.7 Å². The molecule has 0 saturated heterocycles. The molecule has 0 saturated carbocycles. The Morgan fingerprint density at radius 1 is 1.18 bits per heavy atom. The second-order valence-corrected chi connectivity index (χ2v) is 7.54. The molecule has 0 aliphatic rings. The van der Waals surface area contributed by atoms with E-state index in [2.05, 4.69) is 15.3 Å². The van der Waals surface area contributed by atoms with Crippen molar-refractivity contribution in [2.24, 2.45) is 5.10 Å². The van der Waals surface area contributed by atoms with Crippen LogP contribution in [0.15, 0.2) is 64.9 Å². The van der Waals surface area contributed by atoms with E-state index in [0.29, 0.717) is 22.5 Å². The zero-order chi connectivity index (χ0) is 19.9. The molecule has 0 bridgehead atoms. The van der Waals surface area contributed by atoms with Crippen molar-refractivity contribution in [3.63, 3.8) is 0 Å². The van der Waals surface area contributed by atoms with Gasteiger partial charge in [0.2, 0.25) is 11.1 Å². The van der Waals surface area contributed by atoms with Gasteiger partial charge in [0, 0.05) is 18.6 Å². The Morgan fingerprint density at radius 3 is 2.61 bits per heavy atom. The fourth-order valence-electron chi connectivity index (χ4n) is 2.42. The molecule has 2 aromatic carbocycles. The van der Waals surface area contributed by atoms with E-state index < -0.39 is 0 Å². The lowest BCUT2D eigenvalue weighted by atomic mass is 10.2. The molecule has 144 valence electrons. The van der Waals surface area contributed by atoms with Gasteiger partial charge in [0.15, 0.2) is 5.82 Å². The van der Waals surface area contributed by atoms with Crippen LogP contribution in [0, 0.1) is 6.92 Å². The first-order chi connectivity index (χ1) is 13.5. The van der Waals surface area contributed by atoms with E-state index in [1.807, 2.05) is 49.4 Å². The number of hydrogen-bond donors (Lipinski definition) is 0. The van der Waals surface area contributed by atoms with Crippen LogP contribution in [0.2, 0.25) is 5.02 Å². The third-order valence-electron chi connectivity index (χ3n) is 3.97. The van der Waals surface area contributed by atoms with Gasteiger partial charge >= 0.3 is 0 Å². The summed E-state index contributed by atoms with van der Waals surface area (Å²) in [6.45, 7) is 2.39. The maximum Gasteiger partial charge on any atom is 0.233 e. The molecule has 0 aliphatic carbocycles. The first kappa shape index (κ1) is 20.1. The normalized spacial score (nSPS) is 11.1. The van der Waals surface area contributed by atoms with Crippen molar-refractivity contribution in [3.05, 3.63) is 76.6 Å². The summed E-state index contributed by atoms with van der Waals surface area (Å²) in [7, 11) is 1.80. The molecular weight excluding hydrogens is 394 g/mol. The minimum absolute atomic E-state index is 0.0164. The molecule has 1 aromatic heterocycles. The molecule has 0 radical (unpaired) electrons. The summed E-state index contributed by atoms with van der Waals surface area (Å²) < 4.78 is 1.63. The largest absolute Gasteiger partial charge is 0.341 e. The van der Waals surface area contributed by atoms with Crippen LogP contribution in [-0.4, -0.2) is 44.7 Å². The third-order valence-corrected chi connectivity index (χ3v) is 5.13. The Balaban J connectivity index is 1.61. The van der Waals surface area contributed by atoms with Gasteiger partial charge in [0.25, 0.3) is 0 Å². The molecule has 0 spiro atoms. The Kier molecular flexibility index (Phi) is 6.84. The highest BCUT2D eigenvalue weighted by Crippen LogP contribution is 2.18. The van der Waals surface area contributed by atoms with Gasteiger partial charge < -0.3 is 4.90 Å². The van der Waals surface area contributed by atoms with E-state index in [0.717, 1.165) is 11.1 Å². The number of hydrogen-bond acceptors (Lipinski definition) is 5. The summed E-state index contributed by atoms with van der Waals surface area (Å²) in [4.78, 5) is 14.1. The zero-order valence-corrected chi connectivity index (χ0v) is 17.2. The van der Waals surface area contributed by atoms with Crippen molar-refractivity contribution >= 4 is 35.5 Å². The summed E-state index contributed by atoms with van der Waals surface area (Å²) in [5.74, 6) is 0.929. The number of carbonyl (C=O) groups is 1. The lowest BCUT2D eigenvalue weighted by Crippen LogP contribution is -2.27. The Hall–Kier alpha value is -2.64. The number of carbonyl (C=O) groups excluding carboxylic acids is 1. The second kappa shape index (κ2) is 9.52. The Morgan fingerprint density at radius 2 is 1.89 bits per heavy atom. The minimum Gasteiger partial charge on any atom is -0.341 e. The first-order valence-corrected chi connectivity index (χ1v) is 10.0. The van der Waals surface area contributed by atoms with E-state index in [1.165, 1.54) is 11.8 Å². The molecule has 0 aliphatic heterocycles. The van der Waals surface area contributed by atoms with E-state index in [9.17, 15) is 4.79 Å². The van der Waals surface area contributed by atoms with Gasteiger partial charge in [-0.1, -0.05) is 65.8 Å². The fraction of sp³-hybridized carbons (Fsp3) is 0.200. The van der Waals surface area contributed by atoms with Crippen molar-refractivity contribution in [2.45, 2.75) is 18.6 Å². The second-order valence-electron chi connectivity index (χ2n) is 6.16. The predicted molar refractivity (Wildman–Crippen MR) is 113 cm³/mol. The van der Waals surface area contributed by atoms with Gasteiger partial charge in [0.05, 0.1) is 12.0 Å². The number of halogens is 1. The minimum atomic E-state index is 0.0164. The number of benzene rings is 2. The van der Waals surface area contributed by atoms with Gasteiger partial charge in [0.1, 0.15) is 0 Å². The van der Waals surface area contributed by atoms with Crippen molar-refractivity contribution in [1.29, 1.82) is 0 Å². The Labute approximate surface area is 173 Å². The number of nitrogens with zero attached hydrogens (tertiary/aromatic N) is 5. The molecule has 1 heterocycles. The van der Waals surface area contributed by atoms with Gasteiger partial charge in [-0.15, -0.1) is 10.2 Å². The maximum atomic E-state index is 12.4. The summed E-state index contributed by atoms with van der Waals surface area (Å²) in [6.07, 6.45) is 1.71. The number of aryl methyl sites for hydroxylation is 1. The lowest BCUT2D eigenvalue weighted by Gasteiger charge is -2.16. The van der Waals surface area contributed by atoms with Crippen LogP contribution in [0.5, 0.6) is 0 Å². The summed E-state index contributed by atoms with van der Waals surface area (Å²) in [6, 6.07) is 17.3. The average Bonchev–Trinajstić information content (AvgIpc) is 3.06. The van der Waals surface area contributed by atoms with Crippen molar-refractivity contribution in [1.82, 2.24) is 19.8 Å². The SMILES string of the molecule is Cc1nnc(SCC(=O)N(C)Cc2ccccc2)n1/N=C/c1ccc(Cl)cc1. The van der Waals surface area contributed by atoms with E-state index in [1.54, 1.807) is 35.0 Å². The monoisotopic (exact) mass is 413 g/mol. The third kappa shape index (κ3) is 5.43. The fourth-order valence-corrected chi connectivity index (χ4v) is 3.42. The maximum absolute atomic E-state index is 12.4. The molecule has 6 nitrogen and oxygen atoms in total. The lowest BCUT2D eigenvalue weighted by molar-refractivity contribution is -0.127. The van der Waals surface area contributed by atoms with Gasteiger partial charge in [-0.05, 0) is 30.2 Å². The van der Waals surface area contributed by atoms with E-state index in [4.69, 9.17) is 11.6 Å². The molecule has 0 N–H and O–H groups in total. The molecule has 28 heavy (non-hydrogen) atoms. The highest BCUT2D eigenvalue weighted by atomic mass is 35.5. The van der Waals surface area contributed by atoms with Crippen LogP contribution in [0.4, 0.5) is 0 Å². The van der Waals surface area contributed by atoms with Crippen LogP contribution in [0.3, 0.4) is 0 Å². The molecule has 0 unspecified atom stereocenters. The van der Waals surface area contributed by atoms with Crippen LogP contribution < -0.4 is 0 Å². The molecular formula is C20H20ClN5OS. The molecule has 1 amide bonds. The predicted octanol–water partition coefficient (Wildman–Crippen LogP) is 3.87. The summed E-state index contributed by atoms with van der Waals surface area (Å²) >= 11 is 7.22. The van der Waals surface area contributed by atoms with Crippen LogP contribution in [0.25, 0.3) is 0 Å². The number of aromatic nitrogens is 3. The van der Waals surface area contributed by atoms with Gasteiger partial charge in [-0.3, -0.25) is 4.79 Å². The standard InChI is InChI=1S/C20H20ClN5OS/c1-15-23-24-20(26(15)22-12-16-8-10-18(21)11-9-16)28-14-19(27)25(2)13-17-6-4-3-5-7-17/h3-12H,13-14H2,1-2H3/b22-12+. The number of amides is 1. The van der Waals surface area contributed by atoms with Crippen LogP contribution in [0.1, 0.15) is 17.0 Å². The average molecular weight is 414 g/mol. The molecule has 3 aromatic rings. The topological polar surface area (TPSA) is 63.4 Å². The number of rotatable bonds is 7. The highest BCUT2D eigenvalue weighted by molar-refractivity contribution is 7.99. The molecule has 0 fully saturated rings. The molecule has 0 atom stereocenters. The van der Waals surface area contributed by atoms with Crippen molar-refractivity contribution in [3.8, 4) is 0 Å². The molecule has 8 heteroatoms. The van der Waals surface area contributed by atoms with Crippen LogP contribution >= 0.6 is 23.4 Å². The zero-order valence-electron chi connectivity index (χ0n) is 15.6. The first-order valence-electron chi connectivity index (χ1n) is 8.65. The van der Waals surface area contributed by atoms with Crippen molar-refractivity contribution in [2.75, 3.05) is 12.8 Å².